The Hall–Kier alpha value is -7.68. The molecule has 0 saturated carbocycles. The molecule has 2 heteroatoms. The molecule has 0 saturated heterocycles. The molecule has 2 heterocycles. The first-order chi connectivity index (χ1) is 28.7. The number of fused-ring (bicyclic) bond motifs is 8. The molecule has 270 valence electrons. The van der Waals surface area contributed by atoms with E-state index in [4.69, 9.17) is 8.83 Å². The summed E-state index contributed by atoms with van der Waals surface area (Å²) >= 11 is 0. The highest BCUT2D eigenvalue weighted by Gasteiger charge is 2.18. The van der Waals surface area contributed by atoms with Crippen molar-refractivity contribution >= 4 is 65.4 Å². The lowest BCUT2D eigenvalue weighted by atomic mass is 9.88. The van der Waals surface area contributed by atoms with Gasteiger partial charge in [0.25, 0.3) is 0 Å². The Morgan fingerprint density at radius 3 is 1.43 bits per heavy atom. The summed E-state index contributed by atoms with van der Waals surface area (Å²) in [4.78, 5) is 0. The summed E-state index contributed by atoms with van der Waals surface area (Å²) in [5.74, 6) is 0. The van der Waals surface area contributed by atoms with E-state index in [0.717, 1.165) is 82.8 Å². The van der Waals surface area contributed by atoms with Gasteiger partial charge in [-0.15, -0.1) is 0 Å². The van der Waals surface area contributed by atoms with Crippen molar-refractivity contribution in [2.24, 2.45) is 0 Å². The van der Waals surface area contributed by atoms with Gasteiger partial charge in [0.05, 0.1) is 0 Å². The van der Waals surface area contributed by atoms with Crippen molar-refractivity contribution in [1.82, 2.24) is 0 Å². The van der Waals surface area contributed by atoms with Gasteiger partial charge in [-0.2, -0.15) is 0 Å². The molecule has 10 aromatic carbocycles. The van der Waals surface area contributed by atoms with E-state index >= 15 is 0 Å². The van der Waals surface area contributed by atoms with Crippen molar-refractivity contribution in [3.8, 4) is 55.6 Å². The van der Waals surface area contributed by atoms with Crippen molar-refractivity contribution in [3.63, 3.8) is 0 Å². The number of para-hydroxylation sites is 2. The van der Waals surface area contributed by atoms with Crippen molar-refractivity contribution in [2.45, 2.75) is 0 Å². The third kappa shape index (κ3) is 5.27. The Balaban J connectivity index is 1.11. The molecule has 0 aliphatic heterocycles. The van der Waals surface area contributed by atoms with E-state index in [2.05, 4.69) is 194 Å². The highest BCUT2D eigenvalue weighted by molar-refractivity contribution is 6.16. The summed E-state index contributed by atoms with van der Waals surface area (Å²) in [6.07, 6.45) is 0. The molecule has 0 aliphatic rings. The average Bonchev–Trinajstić information content (AvgIpc) is 3.87. The zero-order valence-electron chi connectivity index (χ0n) is 31.4. The van der Waals surface area contributed by atoms with Gasteiger partial charge in [-0.3, -0.25) is 0 Å². The van der Waals surface area contributed by atoms with Gasteiger partial charge in [0.2, 0.25) is 0 Å². The third-order valence-corrected chi connectivity index (χ3v) is 11.8. The predicted octanol–water partition coefficient (Wildman–Crippen LogP) is 16.1. The van der Waals surface area contributed by atoms with Crippen LogP contribution in [-0.4, -0.2) is 0 Å². The quantitative estimate of drug-likeness (QED) is 0.176. The summed E-state index contributed by atoms with van der Waals surface area (Å²) in [6.45, 7) is 0. The molecule has 58 heavy (non-hydrogen) atoms. The molecule has 0 N–H and O–H groups in total. The monoisotopic (exact) mass is 738 g/mol. The van der Waals surface area contributed by atoms with Gasteiger partial charge in [-0.1, -0.05) is 140 Å². The Morgan fingerprint density at radius 2 is 0.690 bits per heavy atom. The first kappa shape index (κ1) is 32.6. The summed E-state index contributed by atoms with van der Waals surface area (Å²) in [6, 6.07) is 74.3. The van der Waals surface area contributed by atoms with Gasteiger partial charge in [0.1, 0.15) is 22.3 Å². The second kappa shape index (κ2) is 12.9. The van der Waals surface area contributed by atoms with Gasteiger partial charge >= 0.3 is 0 Å². The van der Waals surface area contributed by atoms with Crippen LogP contribution >= 0.6 is 0 Å². The van der Waals surface area contributed by atoms with Crippen molar-refractivity contribution in [3.05, 3.63) is 206 Å². The van der Waals surface area contributed by atoms with Gasteiger partial charge in [0, 0.05) is 21.5 Å². The molecule has 0 aliphatic carbocycles. The molecule has 2 aromatic heterocycles. The van der Waals surface area contributed by atoms with Gasteiger partial charge in [0.15, 0.2) is 0 Å². The number of rotatable bonds is 5. The Kier molecular flexibility index (Phi) is 7.26. The maximum absolute atomic E-state index is 6.40. The van der Waals surface area contributed by atoms with Crippen LogP contribution in [0.25, 0.3) is 121 Å². The van der Waals surface area contributed by atoms with Gasteiger partial charge in [-0.25, -0.2) is 0 Å². The first-order valence-corrected chi connectivity index (χ1v) is 19.8. The first-order valence-electron chi connectivity index (χ1n) is 19.8. The van der Waals surface area contributed by atoms with E-state index < -0.39 is 0 Å². The average molecular weight is 739 g/mol. The molecule has 0 radical (unpaired) electrons. The fraction of sp³-hybridized carbons (Fsp3) is 0. The van der Waals surface area contributed by atoms with Gasteiger partial charge < -0.3 is 8.83 Å². The zero-order chi connectivity index (χ0) is 38.2. The van der Waals surface area contributed by atoms with E-state index in [0.29, 0.717) is 0 Å². The minimum absolute atomic E-state index is 0.886. The van der Waals surface area contributed by atoms with E-state index in [9.17, 15) is 0 Å². The van der Waals surface area contributed by atoms with Crippen LogP contribution < -0.4 is 0 Å². The minimum Gasteiger partial charge on any atom is -0.456 e. The fourth-order valence-electron chi connectivity index (χ4n) is 9.08. The molecule has 0 unspecified atom stereocenters. The Morgan fingerprint density at radius 1 is 0.224 bits per heavy atom. The molecule has 0 amide bonds. The Bertz CT molecular complexity index is 3580. The lowest BCUT2D eigenvalue weighted by molar-refractivity contribution is 0.668. The lowest BCUT2D eigenvalue weighted by Gasteiger charge is -2.16. The smallest absolute Gasteiger partial charge is 0.136 e. The summed E-state index contributed by atoms with van der Waals surface area (Å²) < 4.78 is 12.8. The second-order valence-corrected chi connectivity index (χ2v) is 15.2. The van der Waals surface area contributed by atoms with E-state index in [1.165, 1.54) is 38.2 Å². The molecule has 2 nitrogen and oxygen atoms in total. The fourth-order valence-corrected chi connectivity index (χ4v) is 9.08. The number of hydrogen-bond acceptors (Lipinski definition) is 2. The van der Waals surface area contributed by atoms with Crippen molar-refractivity contribution in [2.75, 3.05) is 0 Å². The van der Waals surface area contributed by atoms with Crippen LogP contribution in [0.1, 0.15) is 0 Å². The molecule has 0 atom stereocenters. The zero-order valence-corrected chi connectivity index (χ0v) is 31.4. The molecule has 0 bridgehead atoms. The summed E-state index contributed by atoms with van der Waals surface area (Å²) in [7, 11) is 0. The Labute approximate surface area is 334 Å². The molecule has 12 aromatic rings. The van der Waals surface area contributed by atoms with Crippen LogP contribution in [0.15, 0.2) is 215 Å². The topological polar surface area (TPSA) is 26.3 Å². The normalized spacial score (nSPS) is 11.8. The summed E-state index contributed by atoms with van der Waals surface area (Å²) in [5, 5.41) is 9.38. The second-order valence-electron chi connectivity index (χ2n) is 15.2. The van der Waals surface area contributed by atoms with Crippen LogP contribution in [0, 0.1) is 0 Å². The van der Waals surface area contributed by atoms with Crippen LogP contribution in [0.2, 0.25) is 0 Å². The maximum atomic E-state index is 6.40. The largest absolute Gasteiger partial charge is 0.456 e. The van der Waals surface area contributed by atoms with Gasteiger partial charge in [-0.05, 0) is 144 Å². The van der Waals surface area contributed by atoms with E-state index in [1.807, 2.05) is 12.1 Å². The maximum Gasteiger partial charge on any atom is 0.136 e. The SMILES string of the molecule is c1cc(-c2cc(-c3cc(-c4cccc5oc6ccccc6c45)c4ccccc4c3)cc(-c3cccc4oc5ccccc5c34)c2)cc(-c2ccc3ccccc3c2)c1. The highest BCUT2D eigenvalue weighted by Crippen LogP contribution is 2.44. The van der Waals surface area contributed by atoms with Crippen molar-refractivity contribution in [1.29, 1.82) is 0 Å². The van der Waals surface area contributed by atoms with E-state index in [-0.39, 0.29) is 0 Å². The van der Waals surface area contributed by atoms with Crippen molar-refractivity contribution < 1.29 is 8.83 Å². The number of furan rings is 2. The minimum atomic E-state index is 0.886. The number of hydrogen-bond donors (Lipinski definition) is 0. The summed E-state index contributed by atoms with van der Waals surface area (Å²) in [5.41, 5.74) is 15.2. The molecule has 12 rings (SSSR count). The lowest BCUT2D eigenvalue weighted by Crippen LogP contribution is -1.90. The van der Waals surface area contributed by atoms with Crippen LogP contribution in [0.3, 0.4) is 0 Å². The van der Waals surface area contributed by atoms with Crippen LogP contribution in [0.5, 0.6) is 0 Å². The predicted molar refractivity (Wildman–Crippen MR) is 243 cm³/mol. The third-order valence-electron chi connectivity index (χ3n) is 11.8. The van der Waals surface area contributed by atoms with Crippen LogP contribution in [0.4, 0.5) is 0 Å². The standard InChI is InChI=1S/C56H34O2/c1-2-13-36-28-39(27-26-35(36)12-1)37-15-9-16-38(29-37)41-31-42(33-44(32-41)46-20-10-24-53-55(46)48-18-5-7-22-51(48)57-53)43-30-40-14-3-4-17-45(40)50(34-43)47-21-11-25-54-56(47)49-19-6-8-23-52(49)58-54/h1-34H. The molecule has 0 fully saturated rings. The number of benzene rings is 10. The molecular weight excluding hydrogens is 705 g/mol. The van der Waals surface area contributed by atoms with Crippen LogP contribution in [-0.2, 0) is 0 Å². The highest BCUT2D eigenvalue weighted by atomic mass is 16.3. The van der Waals surface area contributed by atoms with E-state index in [1.54, 1.807) is 0 Å². The molecular formula is C56H34O2. The molecule has 0 spiro atoms.